The molecule has 0 saturated carbocycles. The van der Waals surface area contributed by atoms with Gasteiger partial charge in [0.2, 0.25) is 0 Å². The third-order valence-electron chi connectivity index (χ3n) is 5.08. The average molecular weight is 555 g/mol. The predicted molar refractivity (Wildman–Crippen MR) is 139 cm³/mol. The SMILES string of the molecule is CCNC(=NCc1cccnc1N1CCOCC1)NCCc1ccc(OC)c(OC)c1.I. The van der Waals surface area contributed by atoms with Gasteiger partial charge in [-0.1, -0.05) is 12.1 Å². The van der Waals surface area contributed by atoms with Crippen molar-refractivity contribution in [2.75, 3.05) is 58.5 Å². The molecule has 32 heavy (non-hydrogen) atoms. The van der Waals surface area contributed by atoms with Crippen LogP contribution in [-0.4, -0.2) is 64.6 Å². The molecule has 1 aromatic carbocycles. The van der Waals surface area contributed by atoms with E-state index < -0.39 is 0 Å². The number of hydrogen-bond donors (Lipinski definition) is 2. The second-order valence-electron chi connectivity index (χ2n) is 7.15. The van der Waals surface area contributed by atoms with Crippen molar-refractivity contribution < 1.29 is 14.2 Å². The van der Waals surface area contributed by atoms with Gasteiger partial charge < -0.3 is 29.7 Å². The highest BCUT2D eigenvalue weighted by Crippen LogP contribution is 2.27. The molecule has 0 atom stereocenters. The van der Waals surface area contributed by atoms with E-state index in [0.29, 0.717) is 6.54 Å². The number of ether oxygens (including phenoxy) is 3. The van der Waals surface area contributed by atoms with Gasteiger partial charge in [-0.3, -0.25) is 0 Å². The minimum Gasteiger partial charge on any atom is -0.493 e. The Morgan fingerprint density at radius 3 is 2.62 bits per heavy atom. The summed E-state index contributed by atoms with van der Waals surface area (Å²) in [4.78, 5) is 11.6. The van der Waals surface area contributed by atoms with Crippen molar-refractivity contribution in [1.29, 1.82) is 0 Å². The van der Waals surface area contributed by atoms with E-state index in [1.54, 1.807) is 14.2 Å². The smallest absolute Gasteiger partial charge is 0.191 e. The van der Waals surface area contributed by atoms with Gasteiger partial charge in [-0.2, -0.15) is 0 Å². The second kappa shape index (κ2) is 14.0. The van der Waals surface area contributed by atoms with E-state index in [4.69, 9.17) is 19.2 Å². The van der Waals surface area contributed by atoms with Crippen LogP contribution >= 0.6 is 24.0 Å². The largest absolute Gasteiger partial charge is 0.493 e. The summed E-state index contributed by atoms with van der Waals surface area (Å²) in [5.74, 6) is 3.27. The summed E-state index contributed by atoms with van der Waals surface area (Å²) in [5, 5.41) is 6.74. The lowest BCUT2D eigenvalue weighted by molar-refractivity contribution is 0.122. The van der Waals surface area contributed by atoms with Crippen molar-refractivity contribution >= 4 is 35.8 Å². The molecule has 0 radical (unpaired) electrons. The molecule has 176 valence electrons. The minimum absolute atomic E-state index is 0. The quantitative estimate of drug-likeness (QED) is 0.280. The number of nitrogens with zero attached hydrogens (tertiary/aromatic N) is 3. The molecule has 1 fully saturated rings. The molecule has 0 amide bonds. The Morgan fingerprint density at radius 2 is 1.91 bits per heavy atom. The highest BCUT2D eigenvalue weighted by atomic mass is 127. The zero-order valence-corrected chi connectivity index (χ0v) is 21.4. The molecule has 2 N–H and O–H groups in total. The first kappa shape index (κ1) is 26.0. The highest BCUT2D eigenvalue weighted by molar-refractivity contribution is 14.0. The fourth-order valence-electron chi connectivity index (χ4n) is 3.48. The molecule has 3 rings (SSSR count). The molecule has 1 saturated heterocycles. The van der Waals surface area contributed by atoms with E-state index in [9.17, 15) is 0 Å². The number of rotatable bonds is 9. The molecular formula is C23H34IN5O3. The lowest BCUT2D eigenvalue weighted by Gasteiger charge is -2.29. The second-order valence-corrected chi connectivity index (χ2v) is 7.15. The number of aromatic nitrogens is 1. The van der Waals surface area contributed by atoms with Gasteiger partial charge in [0.1, 0.15) is 5.82 Å². The fraction of sp³-hybridized carbons (Fsp3) is 0.478. The van der Waals surface area contributed by atoms with Gasteiger partial charge in [0.25, 0.3) is 0 Å². The van der Waals surface area contributed by atoms with E-state index in [0.717, 1.165) is 74.7 Å². The highest BCUT2D eigenvalue weighted by Gasteiger charge is 2.15. The van der Waals surface area contributed by atoms with Gasteiger partial charge in [0.15, 0.2) is 17.5 Å². The number of guanidine groups is 1. The first-order valence-electron chi connectivity index (χ1n) is 10.7. The van der Waals surface area contributed by atoms with Crippen molar-refractivity contribution in [3.05, 3.63) is 47.7 Å². The van der Waals surface area contributed by atoms with Crippen LogP contribution in [0.25, 0.3) is 0 Å². The number of anilines is 1. The lowest BCUT2D eigenvalue weighted by Crippen LogP contribution is -2.38. The third-order valence-corrected chi connectivity index (χ3v) is 5.08. The minimum atomic E-state index is 0. The van der Waals surface area contributed by atoms with Crippen molar-refractivity contribution in [3.63, 3.8) is 0 Å². The fourth-order valence-corrected chi connectivity index (χ4v) is 3.48. The normalized spacial score (nSPS) is 13.8. The predicted octanol–water partition coefficient (Wildman–Crippen LogP) is 2.85. The maximum Gasteiger partial charge on any atom is 0.191 e. The van der Waals surface area contributed by atoms with E-state index in [1.165, 1.54) is 5.56 Å². The maximum absolute atomic E-state index is 5.47. The zero-order valence-electron chi connectivity index (χ0n) is 19.1. The molecule has 1 aliphatic heterocycles. The molecule has 0 spiro atoms. The monoisotopic (exact) mass is 555 g/mol. The van der Waals surface area contributed by atoms with Crippen LogP contribution < -0.4 is 25.0 Å². The van der Waals surface area contributed by atoms with Gasteiger partial charge in [-0.05, 0) is 37.1 Å². The molecule has 2 aromatic rings. The maximum atomic E-state index is 5.47. The average Bonchev–Trinajstić information content (AvgIpc) is 2.83. The molecule has 1 aliphatic rings. The Bertz CT molecular complexity index is 859. The first-order chi connectivity index (χ1) is 15.2. The van der Waals surface area contributed by atoms with Crippen LogP contribution in [0.4, 0.5) is 5.82 Å². The van der Waals surface area contributed by atoms with Gasteiger partial charge in [-0.15, -0.1) is 24.0 Å². The topological polar surface area (TPSA) is 80.2 Å². The van der Waals surface area contributed by atoms with E-state index in [1.807, 2.05) is 24.4 Å². The van der Waals surface area contributed by atoms with Crippen molar-refractivity contribution in [2.45, 2.75) is 19.9 Å². The van der Waals surface area contributed by atoms with Crippen LogP contribution in [0.1, 0.15) is 18.1 Å². The summed E-state index contributed by atoms with van der Waals surface area (Å²) < 4.78 is 16.2. The Hall–Kier alpha value is -2.27. The molecule has 1 aromatic heterocycles. The zero-order chi connectivity index (χ0) is 21.9. The summed E-state index contributed by atoms with van der Waals surface area (Å²) in [6.07, 6.45) is 2.68. The molecule has 0 aliphatic carbocycles. The van der Waals surface area contributed by atoms with Gasteiger partial charge >= 0.3 is 0 Å². The number of methoxy groups -OCH3 is 2. The first-order valence-corrected chi connectivity index (χ1v) is 10.7. The number of hydrogen-bond acceptors (Lipinski definition) is 6. The summed E-state index contributed by atoms with van der Waals surface area (Å²) in [5.41, 5.74) is 2.28. The van der Waals surface area contributed by atoms with Crippen LogP contribution in [-0.2, 0) is 17.7 Å². The van der Waals surface area contributed by atoms with Crippen LogP contribution in [0.15, 0.2) is 41.5 Å². The Labute approximate surface area is 207 Å². The molecule has 9 heteroatoms. The van der Waals surface area contributed by atoms with Crippen LogP contribution in [0.5, 0.6) is 11.5 Å². The van der Waals surface area contributed by atoms with Crippen LogP contribution in [0, 0.1) is 0 Å². The summed E-state index contributed by atoms with van der Waals surface area (Å²) in [6.45, 7) is 7.37. The van der Waals surface area contributed by atoms with E-state index in [2.05, 4.69) is 39.6 Å². The van der Waals surface area contributed by atoms with E-state index >= 15 is 0 Å². The van der Waals surface area contributed by atoms with Gasteiger partial charge in [0, 0.05) is 37.9 Å². The third kappa shape index (κ3) is 7.40. The lowest BCUT2D eigenvalue weighted by atomic mass is 10.1. The molecule has 0 bridgehead atoms. The number of halogens is 1. The Kier molecular flexibility index (Phi) is 11.4. The van der Waals surface area contributed by atoms with Crippen LogP contribution in [0.2, 0.25) is 0 Å². The van der Waals surface area contributed by atoms with Crippen molar-refractivity contribution in [1.82, 2.24) is 15.6 Å². The van der Waals surface area contributed by atoms with Gasteiger partial charge in [-0.25, -0.2) is 9.98 Å². The molecule has 0 unspecified atom stereocenters. The summed E-state index contributed by atoms with van der Waals surface area (Å²) >= 11 is 0. The van der Waals surface area contributed by atoms with E-state index in [-0.39, 0.29) is 24.0 Å². The van der Waals surface area contributed by atoms with Crippen molar-refractivity contribution in [2.24, 2.45) is 4.99 Å². The van der Waals surface area contributed by atoms with Crippen LogP contribution in [0.3, 0.4) is 0 Å². The molecule has 2 heterocycles. The molecule has 8 nitrogen and oxygen atoms in total. The summed E-state index contributed by atoms with van der Waals surface area (Å²) in [7, 11) is 3.30. The van der Waals surface area contributed by atoms with Crippen molar-refractivity contribution in [3.8, 4) is 11.5 Å². The number of pyridine rings is 1. The Balaban J connectivity index is 0.00000363. The number of aliphatic imine (C=N–C) groups is 1. The standard InChI is InChI=1S/C23H33N5O3.HI/c1-4-24-23(26-11-9-18-7-8-20(29-2)21(16-18)30-3)27-17-19-6-5-10-25-22(19)28-12-14-31-15-13-28;/h5-8,10,16H,4,9,11-15,17H2,1-3H3,(H2,24,26,27);1H. The summed E-state index contributed by atoms with van der Waals surface area (Å²) in [6, 6.07) is 10.1. The number of benzene rings is 1. The van der Waals surface area contributed by atoms with Gasteiger partial charge in [0.05, 0.1) is 34.0 Å². The molecular weight excluding hydrogens is 521 g/mol. The number of morpholine rings is 1. The Morgan fingerprint density at radius 1 is 1.12 bits per heavy atom. The number of nitrogens with one attached hydrogen (secondary N) is 2.